The molecule has 1 atom stereocenters. The first-order valence-electron chi connectivity index (χ1n) is 8.92. The number of ketones is 1. The van der Waals surface area contributed by atoms with Crippen LogP contribution in [-0.4, -0.2) is 41.1 Å². The average molecular weight is 448 g/mol. The monoisotopic (exact) mass is 447 g/mol. The first-order chi connectivity index (χ1) is 14.6. The number of anilines is 1. The molecule has 0 aliphatic heterocycles. The molecule has 11 heteroatoms. The molecule has 31 heavy (non-hydrogen) atoms. The summed E-state index contributed by atoms with van der Waals surface area (Å²) in [7, 11) is 0. The van der Waals surface area contributed by atoms with Gasteiger partial charge in [0.15, 0.2) is 11.9 Å². The maximum Gasteiger partial charge on any atom is 0.326 e. The van der Waals surface area contributed by atoms with E-state index >= 15 is 0 Å². The second-order valence-corrected chi connectivity index (χ2v) is 6.77. The van der Waals surface area contributed by atoms with Gasteiger partial charge in [0, 0.05) is 22.9 Å². The Balaban J connectivity index is 1.89. The minimum absolute atomic E-state index is 0.0694. The average Bonchev–Trinajstić information content (AvgIpc) is 2.72. The Morgan fingerprint density at radius 3 is 2.48 bits per heavy atom. The van der Waals surface area contributed by atoms with Crippen LogP contribution in [0.15, 0.2) is 42.5 Å². The van der Waals surface area contributed by atoms with E-state index in [1.807, 2.05) is 0 Å². The van der Waals surface area contributed by atoms with Crippen LogP contribution in [0.1, 0.15) is 34.6 Å². The minimum Gasteiger partial charge on any atom is -0.451 e. The smallest absolute Gasteiger partial charge is 0.326 e. The summed E-state index contributed by atoms with van der Waals surface area (Å²) in [5.41, 5.74) is 0.252. The van der Waals surface area contributed by atoms with Gasteiger partial charge in [-0.2, -0.15) is 0 Å². The molecule has 0 spiro atoms. The Hall–Kier alpha value is -3.79. The van der Waals surface area contributed by atoms with Crippen LogP contribution >= 0.6 is 11.6 Å². The van der Waals surface area contributed by atoms with Gasteiger partial charge in [0.1, 0.15) is 11.6 Å². The van der Waals surface area contributed by atoms with E-state index in [1.165, 1.54) is 32.0 Å². The molecule has 2 amide bonds. The molecule has 0 heterocycles. The van der Waals surface area contributed by atoms with Crippen LogP contribution in [0.4, 0.5) is 11.4 Å². The van der Waals surface area contributed by atoms with Crippen molar-refractivity contribution in [2.24, 2.45) is 0 Å². The Morgan fingerprint density at radius 1 is 1.13 bits per heavy atom. The number of ether oxygens (including phenoxy) is 1. The number of hydrogen-bond acceptors (Lipinski definition) is 7. The summed E-state index contributed by atoms with van der Waals surface area (Å²) < 4.78 is 4.97. The van der Waals surface area contributed by atoms with Gasteiger partial charge in [-0.05, 0) is 38.1 Å². The number of nitro benzene ring substituents is 1. The zero-order chi connectivity index (χ0) is 23.1. The van der Waals surface area contributed by atoms with Crippen LogP contribution in [0.5, 0.6) is 0 Å². The number of hydrogen-bond donors (Lipinski definition) is 2. The van der Waals surface area contributed by atoms with Crippen LogP contribution in [0.2, 0.25) is 5.02 Å². The van der Waals surface area contributed by atoms with Gasteiger partial charge in [0.25, 0.3) is 17.5 Å². The Bertz CT molecular complexity index is 1050. The largest absolute Gasteiger partial charge is 0.451 e. The maximum atomic E-state index is 12.2. The molecule has 1 unspecified atom stereocenters. The number of amides is 2. The number of Topliss-reactive ketones (excluding diaryl/α,β-unsaturated/α-hetero) is 1. The van der Waals surface area contributed by atoms with Gasteiger partial charge < -0.3 is 15.4 Å². The summed E-state index contributed by atoms with van der Waals surface area (Å²) in [6.45, 7) is 2.17. The molecule has 10 nitrogen and oxygen atoms in total. The van der Waals surface area contributed by atoms with Crippen LogP contribution < -0.4 is 10.6 Å². The summed E-state index contributed by atoms with van der Waals surface area (Å²) >= 11 is 5.69. The second-order valence-electron chi connectivity index (χ2n) is 6.36. The van der Waals surface area contributed by atoms with E-state index in [1.54, 1.807) is 18.2 Å². The summed E-state index contributed by atoms with van der Waals surface area (Å²) in [6, 6.07) is 9.69. The molecule has 0 saturated carbocycles. The third-order valence-corrected chi connectivity index (χ3v) is 4.33. The van der Waals surface area contributed by atoms with Gasteiger partial charge in [-0.3, -0.25) is 29.3 Å². The summed E-state index contributed by atoms with van der Waals surface area (Å²) in [6.07, 6.45) is -1.18. The molecule has 0 saturated heterocycles. The van der Waals surface area contributed by atoms with E-state index in [-0.39, 0.29) is 16.4 Å². The van der Waals surface area contributed by atoms with Crippen LogP contribution in [0.3, 0.4) is 0 Å². The first-order valence-corrected chi connectivity index (χ1v) is 9.29. The van der Waals surface area contributed by atoms with Crippen LogP contribution in [0, 0.1) is 10.1 Å². The molecule has 0 aromatic heterocycles. The number of nitrogens with zero attached hydrogens (tertiary/aromatic N) is 1. The first kappa shape index (κ1) is 23.5. The zero-order valence-corrected chi connectivity index (χ0v) is 17.3. The molecular formula is C20H18ClN3O7. The molecular weight excluding hydrogens is 430 g/mol. The number of nitrogens with one attached hydrogen (secondary N) is 2. The minimum atomic E-state index is -1.18. The Morgan fingerprint density at radius 2 is 1.84 bits per heavy atom. The molecule has 2 aromatic carbocycles. The van der Waals surface area contributed by atoms with Crippen molar-refractivity contribution in [3.05, 3.63) is 68.7 Å². The predicted octanol–water partition coefficient (Wildman–Crippen LogP) is 2.75. The third kappa shape index (κ3) is 6.61. The van der Waals surface area contributed by atoms with E-state index in [2.05, 4.69) is 10.6 Å². The van der Waals surface area contributed by atoms with Crippen molar-refractivity contribution < 1.29 is 28.8 Å². The molecule has 0 radical (unpaired) electrons. The highest BCUT2D eigenvalue weighted by Gasteiger charge is 2.20. The maximum absolute atomic E-state index is 12.2. The van der Waals surface area contributed by atoms with Crippen LogP contribution in [-0.2, 0) is 14.3 Å². The lowest BCUT2D eigenvalue weighted by Crippen LogP contribution is -2.35. The molecule has 2 rings (SSSR count). The van der Waals surface area contributed by atoms with Crippen LogP contribution in [0.25, 0.3) is 0 Å². The van der Waals surface area contributed by atoms with E-state index in [0.717, 1.165) is 6.07 Å². The predicted molar refractivity (Wildman–Crippen MR) is 111 cm³/mol. The highest BCUT2D eigenvalue weighted by atomic mass is 35.5. The van der Waals surface area contributed by atoms with Gasteiger partial charge >= 0.3 is 5.97 Å². The number of carbonyl (C=O) groups is 4. The zero-order valence-electron chi connectivity index (χ0n) is 16.5. The van der Waals surface area contributed by atoms with Crippen molar-refractivity contribution in [2.45, 2.75) is 20.0 Å². The van der Waals surface area contributed by atoms with Gasteiger partial charge in [0.05, 0.1) is 4.92 Å². The number of halogens is 1. The van der Waals surface area contributed by atoms with Gasteiger partial charge in [0.2, 0.25) is 0 Å². The van der Waals surface area contributed by atoms with Gasteiger partial charge in [-0.15, -0.1) is 0 Å². The standard InChI is InChI=1S/C20H18ClN3O7/c1-11(25)13-4-3-5-15(8-13)23-19(27)12(2)31-18(26)10-22-20(28)14-6-7-16(21)17(9-14)24(29)30/h3-9,12H,10H2,1-2H3,(H,22,28)(H,23,27). The summed E-state index contributed by atoms with van der Waals surface area (Å²) in [4.78, 5) is 57.8. The molecule has 0 fully saturated rings. The second kappa shape index (κ2) is 10.3. The molecule has 2 aromatic rings. The number of benzene rings is 2. The lowest BCUT2D eigenvalue weighted by atomic mass is 10.1. The fourth-order valence-electron chi connectivity index (χ4n) is 2.40. The Kier molecular flexibility index (Phi) is 7.81. The third-order valence-electron chi connectivity index (χ3n) is 4.01. The lowest BCUT2D eigenvalue weighted by Gasteiger charge is -2.14. The van der Waals surface area contributed by atoms with Crippen molar-refractivity contribution in [3.8, 4) is 0 Å². The fourth-order valence-corrected chi connectivity index (χ4v) is 2.59. The van der Waals surface area contributed by atoms with Crippen molar-refractivity contribution in [1.29, 1.82) is 0 Å². The molecule has 0 aliphatic carbocycles. The van der Waals surface area contributed by atoms with E-state index in [0.29, 0.717) is 11.3 Å². The highest BCUT2D eigenvalue weighted by molar-refractivity contribution is 6.32. The fraction of sp³-hybridized carbons (Fsp3) is 0.200. The molecule has 162 valence electrons. The lowest BCUT2D eigenvalue weighted by molar-refractivity contribution is -0.384. The quantitative estimate of drug-likeness (QED) is 0.274. The number of rotatable bonds is 8. The van der Waals surface area contributed by atoms with E-state index in [4.69, 9.17) is 16.3 Å². The van der Waals surface area contributed by atoms with Crippen molar-refractivity contribution in [3.63, 3.8) is 0 Å². The molecule has 0 aliphatic rings. The van der Waals surface area contributed by atoms with Crippen molar-refractivity contribution >= 4 is 46.5 Å². The number of esters is 1. The van der Waals surface area contributed by atoms with E-state index in [9.17, 15) is 29.3 Å². The normalized spacial score (nSPS) is 11.2. The van der Waals surface area contributed by atoms with Crippen molar-refractivity contribution in [1.82, 2.24) is 5.32 Å². The number of carbonyl (C=O) groups excluding carboxylic acids is 4. The summed E-state index contributed by atoms with van der Waals surface area (Å²) in [5.74, 6) is -2.45. The van der Waals surface area contributed by atoms with Gasteiger partial charge in [-0.25, -0.2) is 0 Å². The number of nitro groups is 1. The summed E-state index contributed by atoms with van der Waals surface area (Å²) in [5, 5.41) is 15.5. The Labute approximate surface area is 181 Å². The van der Waals surface area contributed by atoms with E-state index < -0.39 is 41.0 Å². The molecule has 0 bridgehead atoms. The molecule has 2 N–H and O–H groups in total. The SMILES string of the molecule is CC(=O)c1cccc(NC(=O)C(C)OC(=O)CNC(=O)c2ccc(Cl)c([N+](=O)[O-])c2)c1. The van der Waals surface area contributed by atoms with Gasteiger partial charge in [-0.1, -0.05) is 23.7 Å². The highest BCUT2D eigenvalue weighted by Crippen LogP contribution is 2.25. The topological polar surface area (TPSA) is 145 Å². The van der Waals surface area contributed by atoms with Crippen molar-refractivity contribution in [2.75, 3.05) is 11.9 Å².